The highest BCUT2D eigenvalue weighted by atomic mass is 79.9. The summed E-state index contributed by atoms with van der Waals surface area (Å²) in [4.78, 5) is 27.3. The van der Waals surface area contributed by atoms with Crippen molar-refractivity contribution in [3.8, 4) is 0 Å². The number of hydrogen-bond donors (Lipinski definition) is 2. The number of carboxylic acid groups (broad SMARTS) is 1. The fraction of sp³-hybridized carbons (Fsp3) is 0.462. The minimum atomic E-state index is -0.895. The van der Waals surface area contributed by atoms with Crippen LogP contribution in [0.5, 0.6) is 0 Å². The molecule has 2 N–H and O–H groups in total. The molecule has 102 valence electrons. The lowest BCUT2D eigenvalue weighted by Crippen LogP contribution is -2.30. The average Bonchev–Trinajstić information content (AvgIpc) is 2.74. The van der Waals surface area contributed by atoms with E-state index < -0.39 is 17.8 Å². The second-order valence-corrected chi connectivity index (χ2v) is 5.89. The van der Waals surface area contributed by atoms with Gasteiger partial charge in [-0.25, -0.2) is 4.98 Å². The van der Waals surface area contributed by atoms with Crippen LogP contribution in [0.1, 0.15) is 19.8 Å². The lowest BCUT2D eigenvalue weighted by molar-refractivity contribution is -0.145. The maximum atomic E-state index is 12.1. The molecule has 0 bridgehead atoms. The number of aromatic nitrogens is 1. The number of pyridine rings is 1. The van der Waals surface area contributed by atoms with Gasteiger partial charge in [-0.15, -0.1) is 0 Å². The fourth-order valence-corrected chi connectivity index (χ4v) is 2.76. The number of anilines is 1. The van der Waals surface area contributed by atoms with E-state index in [9.17, 15) is 9.59 Å². The largest absolute Gasteiger partial charge is 0.481 e. The first kappa shape index (κ1) is 14.0. The van der Waals surface area contributed by atoms with E-state index >= 15 is 0 Å². The van der Waals surface area contributed by atoms with Gasteiger partial charge in [-0.2, -0.15) is 0 Å². The average molecular weight is 327 g/mol. The minimum absolute atomic E-state index is 0.258. The van der Waals surface area contributed by atoms with Crippen LogP contribution >= 0.6 is 15.9 Å². The third-order valence-corrected chi connectivity index (χ3v) is 3.90. The van der Waals surface area contributed by atoms with Crippen molar-refractivity contribution in [3.05, 3.63) is 22.8 Å². The SMILES string of the molecule is CC1CC(C(=O)O)C(C(=O)Nc2ccc(Br)cn2)C1. The van der Waals surface area contributed by atoms with Crippen LogP contribution in [0.3, 0.4) is 0 Å². The molecule has 1 aromatic rings. The third kappa shape index (κ3) is 3.32. The number of rotatable bonds is 3. The Balaban J connectivity index is 2.06. The van der Waals surface area contributed by atoms with E-state index in [2.05, 4.69) is 26.2 Å². The summed E-state index contributed by atoms with van der Waals surface area (Å²) >= 11 is 3.26. The summed E-state index contributed by atoms with van der Waals surface area (Å²) in [6, 6.07) is 3.45. The minimum Gasteiger partial charge on any atom is -0.481 e. The van der Waals surface area contributed by atoms with Crippen molar-refractivity contribution in [2.75, 3.05) is 5.32 Å². The van der Waals surface area contributed by atoms with Crippen molar-refractivity contribution < 1.29 is 14.7 Å². The Morgan fingerprint density at radius 3 is 2.63 bits per heavy atom. The Bertz CT molecular complexity index is 489. The van der Waals surface area contributed by atoms with Crippen LogP contribution in [0.4, 0.5) is 5.82 Å². The van der Waals surface area contributed by atoms with Gasteiger partial charge in [0, 0.05) is 10.7 Å². The van der Waals surface area contributed by atoms with Gasteiger partial charge >= 0.3 is 5.97 Å². The van der Waals surface area contributed by atoms with Crippen molar-refractivity contribution in [1.29, 1.82) is 0 Å². The van der Waals surface area contributed by atoms with E-state index in [0.717, 1.165) is 4.47 Å². The summed E-state index contributed by atoms with van der Waals surface area (Å²) in [5.41, 5.74) is 0. The third-order valence-electron chi connectivity index (χ3n) is 3.43. The molecule has 0 radical (unpaired) electrons. The Morgan fingerprint density at radius 1 is 1.37 bits per heavy atom. The molecule has 2 rings (SSSR count). The molecule has 0 spiro atoms. The number of carbonyl (C=O) groups excluding carboxylic acids is 1. The zero-order valence-electron chi connectivity index (χ0n) is 10.5. The fourth-order valence-electron chi connectivity index (χ4n) is 2.52. The summed E-state index contributed by atoms with van der Waals surface area (Å²) in [5, 5.41) is 11.8. The quantitative estimate of drug-likeness (QED) is 0.894. The van der Waals surface area contributed by atoms with Crippen LogP contribution in [0.25, 0.3) is 0 Å². The van der Waals surface area contributed by atoms with Crippen LogP contribution in [0.2, 0.25) is 0 Å². The van der Waals surface area contributed by atoms with E-state index in [-0.39, 0.29) is 11.8 Å². The maximum absolute atomic E-state index is 12.1. The molecule has 6 heteroatoms. The second kappa shape index (κ2) is 5.69. The van der Waals surface area contributed by atoms with Gasteiger partial charge in [0.1, 0.15) is 5.82 Å². The van der Waals surface area contributed by atoms with Crippen molar-refractivity contribution in [3.63, 3.8) is 0 Å². The molecule has 1 aliphatic rings. The molecule has 1 amide bonds. The monoisotopic (exact) mass is 326 g/mol. The van der Waals surface area contributed by atoms with E-state index in [0.29, 0.717) is 18.7 Å². The number of carboxylic acids is 1. The number of amides is 1. The molecular formula is C13H15BrN2O3. The van der Waals surface area contributed by atoms with E-state index in [1.54, 1.807) is 18.3 Å². The van der Waals surface area contributed by atoms with Gasteiger partial charge in [0.2, 0.25) is 5.91 Å². The smallest absolute Gasteiger partial charge is 0.307 e. The molecule has 5 nitrogen and oxygen atoms in total. The van der Waals surface area contributed by atoms with Crippen molar-refractivity contribution >= 4 is 33.6 Å². The number of nitrogens with one attached hydrogen (secondary N) is 1. The number of aliphatic carboxylic acids is 1. The van der Waals surface area contributed by atoms with E-state index in [1.807, 2.05) is 6.92 Å². The molecule has 0 saturated heterocycles. The van der Waals surface area contributed by atoms with E-state index in [4.69, 9.17) is 5.11 Å². The Kier molecular flexibility index (Phi) is 4.19. The number of carbonyl (C=O) groups is 2. The van der Waals surface area contributed by atoms with Gasteiger partial charge in [-0.05, 0) is 46.8 Å². The molecule has 1 saturated carbocycles. The maximum Gasteiger partial charge on any atom is 0.307 e. The lowest BCUT2D eigenvalue weighted by Gasteiger charge is -2.15. The molecular weight excluding hydrogens is 312 g/mol. The Hall–Kier alpha value is -1.43. The van der Waals surface area contributed by atoms with Gasteiger partial charge in [-0.3, -0.25) is 9.59 Å². The Labute approximate surface area is 119 Å². The zero-order valence-corrected chi connectivity index (χ0v) is 12.1. The van der Waals surface area contributed by atoms with Crippen LogP contribution in [0, 0.1) is 17.8 Å². The highest BCUT2D eigenvalue weighted by molar-refractivity contribution is 9.10. The molecule has 3 unspecified atom stereocenters. The Morgan fingerprint density at radius 2 is 2.05 bits per heavy atom. The van der Waals surface area contributed by atoms with Gasteiger partial charge in [0.15, 0.2) is 0 Å². The zero-order chi connectivity index (χ0) is 14.0. The van der Waals surface area contributed by atoms with Crippen LogP contribution in [-0.2, 0) is 9.59 Å². The summed E-state index contributed by atoms with van der Waals surface area (Å²) in [6.07, 6.45) is 2.75. The molecule has 0 aromatic carbocycles. The van der Waals surface area contributed by atoms with Crippen LogP contribution in [-0.4, -0.2) is 22.0 Å². The molecule has 1 heterocycles. The normalized spacial score (nSPS) is 26.1. The van der Waals surface area contributed by atoms with Gasteiger partial charge in [-0.1, -0.05) is 6.92 Å². The number of halogens is 1. The van der Waals surface area contributed by atoms with Crippen molar-refractivity contribution in [2.24, 2.45) is 17.8 Å². The first-order chi connectivity index (χ1) is 8.97. The molecule has 1 fully saturated rings. The molecule has 19 heavy (non-hydrogen) atoms. The van der Waals surface area contributed by atoms with Gasteiger partial charge in [0.25, 0.3) is 0 Å². The molecule has 1 aliphatic carbocycles. The standard InChI is InChI=1S/C13H15BrN2O3/c1-7-4-9(10(5-7)13(18)19)12(17)16-11-3-2-8(14)6-15-11/h2-3,6-7,9-10H,4-5H2,1H3,(H,18,19)(H,15,16,17). The predicted molar refractivity (Wildman–Crippen MR) is 73.6 cm³/mol. The van der Waals surface area contributed by atoms with Crippen LogP contribution < -0.4 is 5.32 Å². The van der Waals surface area contributed by atoms with Crippen LogP contribution in [0.15, 0.2) is 22.8 Å². The lowest BCUT2D eigenvalue weighted by atomic mass is 9.95. The molecule has 1 aromatic heterocycles. The first-order valence-corrected chi connectivity index (χ1v) is 6.92. The van der Waals surface area contributed by atoms with Crippen molar-refractivity contribution in [2.45, 2.75) is 19.8 Å². The highest BCUT2D eigenvalue weighted by Crippen LogP contribution is 2.37. The summed E-state index contributed by atoms with van der Waals surface area (Å²) in [5.74, 6) is -1.52. The summed E-state index contributed by atoms with van der Waals surface area (Å²) in [7, 11) is 0. The first-order valence-electron chi connectivity index (χ1n) is 6.12. The molecule has 0 aliphatic heterocycles. The van der Waals surface area contributed by atoms with Gasteiger partial charge in [0.05, 0.1) is 11.8 Å². The topological polar surface area (TPSA) is 79.3 Å². The summed E-state index contributed by atoms with van der Waals surface area (Å²) < 4.78 is 0.823. The summed E-state index contributed by atoms with van der Waals surface area (Å²) in [6.45, 7) is 1.97. The number of nitrogens with zero attached hydrogens (tertiary/aromatic N) is 1. The second-order valence-electron chi connectivity index (χ2n) is 4.98. The molecule has 3 atom stereocenters. The predicted octanol–water partition coefficient (Wildman–Crippen LogP) is 2.53. The number of hydrogen-bond acceptors (Lipinski definition) is 3. The highest BCUT2D eigenvalue weighted by Gasteiger charge is 2.41. The van der Waals surface area contributed by atoms with E-state index in [1.165, 1.54) is 0 Å². The van der Waals surface area contributed by atoms with Crippen molar-refractivity contribution in [1.82, 2.24) is 4.98 Å². The van der Waals surface area contributed by atoms with Gasteiger partial charge < -0.3 is 10.4 Å².